The zero-order valence-corrected chi connectivity index (χ0v) is 14.9. The van der Waals surface area contributed by atoms with Gasteiger partial charge in [-0.25, -0.2) is 9.59 Å². The summed E-state index contributed by atoms with van der Waals surface area (Å²) in [6.07, 6.45) is 4.54. The highest BCUT2D eigenvalue weighted by Crippen LogP contribution is 2.53. The summed E-state index contributed by atoms with van der Waals surface area (Å²) in [7, 11) is 0. The maximum atomic E-state index is 13.2. The summed E-state index contributed by atoms with van der Waals surface area (Å²) in [6.45, 7) is 0. The van der Waals surface area contributed by atoms with E-state index in [1.807, 2.05) is 0 Å². The fourth-order valence-corrected chi connectivity index (χ4v) is 4.65. The van der Waals surface area contributed by atoms with E-state index >= 15 is 0 Å². The molecule has 0 bridgehead atoms. The monoisotopic (exact) mass is 385 g/mol. The van der Waals surface area contributed by atoms with E-state index in [9.17, 15) is 34.5 Å². The Morgan fingerprint density at radius 2 is 1.61 bits per heavy atom. The van der Waals surface area contributed by atoms with Gasteiger partial charge in [0, 0.05) is 17.0 Å². The molecule has 1 unspecified atom stereocenters. The Bertz CT molecular complexity index is 930. The van der Waals surface area contributed by atoms with Crippen molar-refractivity contribution in [2.75, 3.05) is 0 Å². The molecule has 1 saturated carbocycles. The second kappa shape index (κ2) is 6.00. The standard InChI is InChI=1S/C20H19NO7/c22-15(11-6-2-1-3-7-11)14-10-19(17(24)25,18(26)27)21-16(23)12-8-4-5-9-13(12)20(14,21)28/h4-5,8-11,28H,1-3,6-7H2,(H,24,25)(H,26,27). The van der Waals surface area contributed by atoms with E-state index in [4.69, 9.17) is 0 Å². The minimum atomic E-state index is -2.86. The first-order chi connectivity index (χ1) is 13.3. The third kappa shape index (κ3) is 2.09. The van der Waals surface area contributed by atoms with Gasteiger partial charge in [-0.3, -0.25) is 14.5 Å². The SMILES string of the molecule is O=C(C1=CC(C(=O)O)(C(=O)O)N2C(=O)c3ccccc3C12O)C1CCCCC1. The molecule has 0 saturated heterocycles. The van der Waals surface area contributed by atoms with E-state index < -0.39 is 40.8 Å². The largest absolute Gasteiger partial charge is 0.479 e. The van der Waals surface area contributed by atoms with E-state index in [2.05, 4.69) is 0 Å². The number of carboxylic acids is 2. The Morgan fingerprint density at radius 1 is 1.00 bits per heavy atom. The fraction of sp³-hybridized carbons (Fsp3) is 0.400. The molecule has 4 rings (SSSR count). The van der Waals surface area contributed by atoms with E-state index in [0.29, 0.717) is 17.7 Å². The number of carbonyl (C=O) groups is 4. The summed E-state index contributed by atoms with van der Waals surface area (Å²) < 4.78 is 0. The van der Waals surface area contributed by atoms with Crippen LogP contribution in [0.25, 0.3) is 0 Å². The molecular formula is C20H19NO7. The van der Waals surface area contributed by atoms with Gasteiger partial charge in [0.25, 0.3) is 11.4 Å². The van der Waals surface area contributed by atoms with Crippen LogP contribution in [0.1, 0.15) is 48.0 Å². The molecule has 1 amide bonds. The van der Waals surface area contributed by atoms with Crippen molar-refractivity contribution >= 4 is 23.6 Å². The van der Waals surface area contributed by atoms with Gasteiger partial charge in [0.05, 0.1) is 5.57 Å². The lowest BCUT2D eigenvalue weighted by molar-refractivity contribution is -0.171. The molecular weight excluding hydrogens is 366 g/mol. The van der Waals surface area contributed by atoms with Crippen LogP contribution < -0.4 is 0 Å². The summed E-state index contributed by atoms with van der Waals surface area (Å²) in [4.78, 5) is 50.7. The average Bonchev–Trinajstić information content (AvgIpc) is 3.10. The van der Waals surface area contributed by atoms with Crippen LogP contribution in [0.3, 0.4) is 0 Å². The number of benzene rings is 1. The van der Waals surface area contributed by atoms with Crippen LogP contribution in [0.15, 0.2) is 35.9 Å². The molecule has 0 radical (unpaired) electrons. The predicted molar refractivity (Wildman–Crippen MR) is 94.2 cm³/mol. The number of aliphatic hydroxyl groups is 1. The smallest absolute Gasteiger partial charge is 0.345 e. The van der Waals surface area contributed by atoms with Gasteiger partial charge in [-0.2, -0.15) is 0 Å². The molecule has 0 aromatic heterocycles. The van der Waals surface area contributed by atoms with Gasteiger partial charge in [0.1, 0.15) is 0 Å². The Balaban J connectivity index is 1.96. The topological polar surface area (TPSA) is 132 Å². The summed E-state index contributed by atoms with van der Waals surface area (Å²) in [5.74, 6) is -5.56. The minimum absolute atomic E-state index is 0.0149. The highest BCUT2D eigenvalue weighted by Gasteiger charge is 2.70. The first-order valence-corrected chi connectivity index (χ1v) is 9.17. The second-order valence-electron chi connectivity index (χ2n) is 7.49. The first kappa shape index (κ1) is 18.4. The molecule has 2 aliphatic heterocycles. The van der Waals surface area contributed by atoms with Gasteiger partial charge < -0.3 is 15.3 Å². The van der Waals surface area contributed by atoms with Crippen molar-refractivity contribution < 1.29 is 34.5 Å². The molecule has 3 N–H and O–H groups in total. The van der Waals surface area contributed by atoms with Crippen molar-refractivity contribution in [2.24, 2.45) is 5.92 Å². The van der Waals surface area contributed by atoms with Gasteiger partial charge in [0.15, 0.2) is 11.5 Å². The van der Waals surface area contributed by atoms with Crippen LogP contribution in [0.2, 0.25) is 0 Å². The van der Waals surface area contributed by atoms with Gasteiger partial charge in [0.2, 0.25) is 0 Å². The molecule has 28 heavy (non-hydrogen) atoms. The number of amides is 1. The number of fused-ring (bicyclic) bond motifs is 3. The van der Waals surface area contributed by atoms with Crippen LogP contribution >= 0.6 is 0 Å². The molecule has 8 nitrogen and oxygen atoms in total. The fourth-order valence-electron chi connectivity index (χ4n) is 4.65. The van der Waals surface area contributed by atoms with Crippen molar-refractivity contribution in [1.82, 2.24) is 4.90 Å². The van der Waals surface area contributed by atoms with Crippen LogP contribution in [0.5, 0.6) is 0 Å². The quantitative estimate of drug-likeness (QED) is 0.665. The number of carboxylic acid groups (broad SMARTS) is 2. The molecule has 1 fully saturated rings. The number of nitrogens with zero attached hydrogens (tertiary/aromatic N) is 1. The Morgan fingerprint density at radius 3 is 2.21 bits per heavy atom. The number of hydrogen-bond donors (Lipinski definition) is 3. The van der Waals surface area contributed by atoms with Gasteiger partial charge in [-0.05, 0) is 25.0 Å². The summed E-state index contributed by atoms with van der Waals surface area (Å²) >= 11 is 0. The zero-order valence-electron chi connectivity index (χ0n) is 14.9. The number of Topliss-reactive ketones (excluding diaryl/α,β-unsaturated/α-hetero) is 1. The van der Waals surface area contributed by atoms with Crippen molar-refractivity contribution in [1.29, 1.82) is 0 Å². The van der Waals surface area contributed by atoms with Crippen molar-refractivity contribution in [2.45, 2.75) is 43.4 Å². The van der Waals surface area contributed by atoms with E-state index in [1.54, 1.807) is 0 Å². The maximum Gasteiger partial charge on any atom is 0.345 e. The summed E-state index contributed by atoms with van der Waals surface area (Å²) in [5.41, 5.74) is -5.61. The van der Waals surface area contributed by atoms with Crippen LogP contribution in [-0.2, 0) is 20.1 Å². The van der Waals surface area contributed by atoms with E-state index in [1.165, 1.54) is 24.3 Å². The normalized spacial score (nSPS) is 25.8. The Hall–Kier alpha value is -3.00. The lowest BCUT2D eigenvalue weighted by Gasteiger charge is -2.36. The number of rotatable bonds is 4. The van der Waals surface area contributed by atoms with Crippen LogP contribution in [0, 0.1) is 5.92 Å². The van der Waals surface area contributed by atoms with Gasteiger partial charge in [-0.15, -0.1) is 0 Å². The Kier molecular flexibility index (Phi) is 3.94. The number of carbonyl (C=O) groups excluding carboxylic acids is 2. The third-order valence-electron chi connectivity index (χ3n) is 6.03. The molecule has 146 valence electrons. The number of aliphatic carboxylic acids is 2. The molecule has 1 aromatic carbocycles. The van der Waals surface area contributed by atoms with E-state index in [0.717, 1.165) is 25.3 Å². The minimum Gasteiger partial charge on any atom is -0.479 e. The highest BCUT2D eigenvalue weighted by atomic mass is 16.4. The van der Waals surface area contributed by atoms with Crippen molar-refractivity contribution in [3.05, 3.63) is 47.0 Å². The van der Waals surface area contributed by atoms with Crippen LogP contribution in [0.4, 0.5) is 0 Å². The first-order valence-electron chi connectivity index (χ1n) is 9.17. The third-order valence-corrected chi connectivity index (χ3v) is 6.03. The molecule has 2 heterocycles. The molecule has 1 aromatic rings. The molecule has 0 spiro atoms. The molecule has 1 atom stereocenters. The van der Waals surface area contributed by atoms with Gasteiger partial charge >= 0.3 is 11.9 Å². The van der Waals surface area contributed by atoms with E-state index in [-0.39, 0.29) is 16.7 Å². The second-order valence-corrected chi connectivity index (χ2v) is 7.49. The lowest BCUT2D eigenvalue weighted by atomic mass is 9.80. The Labute approximate surface area is 160 Å². The van der Waals surface area contributed by atoms with Crippen LogP contribution in [-0.4, -0.2) is 49.4 Å². The van der Waals surface area contributed by atoms with Gasteiger partial charge in [-0.1, -0.05) is 37.5 Å². The molecule has 1 aliphatic carbocycles. The lowest BCUT2D eigenvalue weighted by Crippen LogP contribution is -2.61. The number of ketones is 1. The summed E-state index contributed by atoms with van der Waals surface area (Å²) in [5, 5.41) is 31.1. The van der Waals surface area contributed by atoms with Crippen molar-refractivity contribution in [3.63, 3.8) is 0 Å². The molecule has 3 aliphatic rings. The molecule has 8 heteroatoms. The van der Waals surface area contributed by atoms with Crippen molar-refractivity contribution in [3.8, 4) is 0 Å². The zero-order chi connectivity index (χ0) is 20.3. The average molecular weight is 385 g/mol. The predicted octanol–water partition coefficient (Wildman–Crippen LogP) is 1.28. The highest BCUT2D eigenvalue weighted by molar-refractivity contribution is 6.18. The maximum absolute atomic E-state index is 13.2. The summed E-state index contributed by atoms with van der Waals surface area (Å²) in [6, 6.07) is 5.86. The number of hydrogen-bond acceptors (Lipinski definition) is 5.